The minimum atomic E-state index is -0.476. The molecule has 4 rings (SSSR count). The predicted octanol–water partition coefficient (Wildman–Crippen LogP) is 0.292. The lowest BCUT2D eigenvalue weighted by atomic mass is 9.95. The van der Waals surface area contributed by atoms with Crippen LogP contribution < -0.4 is 11.2 Å². The molecule has 0 radical (unpaired) electrons. The average molecular weight is 447 g/mol. The molecule has 11 heteroatoms. The fraction of sp³-hybridized carbons (Fsp3) is 0.667. The van der Waals surface area contributed by atoms with Crippen LogP contribution >= 0.6 is 0 Å². The van der Waals surface area contributed by atoms with Gasteiger partial charge in [0.1, 0.15) is 13.2 Å². The number of hydrogen-bond donors (Lipinski definition) is 0. The number of aromatic nitrogens is 4. The number of carbonyl (C=O) groups is 2. The summed E-state index contributed by atoms with van der Waals surface area (Å²) in [5.41, 5.74) is -0.449. The van der Waals surface area contributed by atoms with Crippen molar-refractivity contribution in [3.05, 3.63) is 27.2 Å². The Bertz CT molecular complexity index is 1160. The number of likely N-dealkylation sites (tertiary alicyclic amines) is 1. The van der Waals surface area contributed by atoms with Crippen LogP contribution in [0.25, 0.3) is 11.2 Å². The first kappa shape index (κ1) is 22.1. The zero-order valence-electron chi connectivity index (χ0n) is 19.0. The van der Waals surface area contributed by atoms with Crippen molar-refractivity contribution >= 4 is 23.2 Å². The van der Waals surface area contributed by atoms with Crippen LogP contribution in [0.15, 0.2) is 15.9 Å². The molecule has 32 heavy (non-hydrogen) atoms. The minimum absolute atomic E-state index is 0.0319. The molecule has 0 aromatic carbocycles. The molecule has 2 fully saturated rings. The van der Waals surface area contributed by atoms with Gasteiger partial charge in [-0.25, -0.2) is 14.6 Å². The highest BCUT2D eigenvalue weighted by Gasteiger charge is 2.41. The van der Waals surface area contributed by atoms with E-state index in [0.29, 0.717) is 38.5 Å². The van der Waals surface area contributed by atoms with Crippen LogP contribution in [-0.2, 0) is 30.2 Å². The Morgan fingerprint density at radius 1 is 1.19 bits per heavy atom. The standard InChI is InChI=1S/C21H30N6O5/c1-5-13(2)15-11-32-21(31)27(15)14-6-8-25(9-7-14)16(28)10-26-12-22-18-17(26)19(29)24(4)20(30)23(18)3/h12-15H,5-11H2,1-4H3/t13-,15-/m0/s1. The zero-order chi connectivity index (χ0) is 23.2. The maximum absolute atomic E-state index is 13.0. The topological polar surface area (TPSA) is 112 Å². The minimum Gasteiger partial charge on any atom is -0.447 e. The van der Waals surface area contributed by atoms with Crippen LogP contribution in [0.1, 0.15) is 33.1 Å². The molecular weight excluding hydrogens is 416 g/mol. The van der Waals surface area contributed by atoms with Gasteiger partial charge in [-0.05, 0) is 18.8 Å². The maximum Gasteiger partial charge on any atom is 0.410 e. The number of nitrogens with zero attached hydrogens (tertiary/aromatic N) is 6. The SMILES string of the molecule is CC[C@H](C)[C@@H]1COC(=O)N1C1CCN(C(=O)Cn2cnc3c2c(=O)n(C)c(=O)n3C)CC1. The van der Waals surface area contributed by atoms with E-state index in [2.05, 4.69) is 18.8 Å². The van der Waals surface area contributed by atoms with Crippen LogP contribution in [0.3, 0.4) is 0 Å². The molecule has 4 heterocycles. The number of piperidine rings is 1. The second-order valence-electron chi connectivity index (χ2n) is 8.80. The van der Waals surface area contributed by atoms with E-state index in [1.165, 1.54) is 22.5 Å². The van der Waals surface area contributed by atoms with E-state index < -0.39 is 11.2 Å². The molecule has 2 amide bonds. The molecule has 174 valence electrons. The normalized spacial score (nSPS) is 20.8. The van der Waals surface area contributed by atoms with Crippen molar-refractivity contribution in [2.45, 2.75) is 51.7 Å². The summed E-state index contributed by atoms with van der Waals surface area (Å²) in [6.45, 7) is 5.70. The first-order chi connectivity index (χ1) is 15.2. The third kappa shape index (κ3) is 3.59. The van der Waals surface area contributed by atoms with Gasteiger partial charge in [0.2, 0.25) is 5.91 Å². The van der Waals surface area contributed by atoms with Crippen molar-refractivity contribution in [2.24, 2.45) is 20.0 Å². The molecule has 0 N–H and O–H groups in total. The van der Waals surface area contributed by atoms with Gasteiger partial charge in [-0.1, -0.05) is 20.3 Å². The van der Waals surface area contributed by atoms with Crippen LogP contribution in [0, 0.1) is 5.92 Å². The van der Waals surface area contributed by atoms with Crippen LogP contribution in [0.2, 0.25) is 0 Å². The third-order valence-corrected chi connectivity index (χ3v) is 6.98. The molecule has 2 aliphatic heterocycles. The fourth-order valence-electron chi connectivity index (χ4n) is 4.73. The van der Waals surface area contributed by atoms with E-state index in [-0.39, 0.29) is 41.8 Å². The Morgan fingerprint density at radius 3 is 2.53 bits per heavy atom. The highest BCUT2D eigenvalue weighted by Crippen LogP contribution is 2.28. The number of hydrogen-bond acceptors (Lipinski definition) is 6. The molecule has 11 nitrogen and oxygen atoms in total. The average Bonchev–Trinajstić information content (AvgIpc) is 3.39. The Labute approximate surface area is 185 Å². The predicted molar refractivity (Wildman–Crippen MR) is 116 cm³/mol. The lowest BCUT2D eigenvalue weighted by Gasteiger charge is -2.39. The van der Waals surface area contributed by atoms with E-state index in [1.54, 1.807) is 11.9 Å². The molecule has 0 unspecified atom stereocenters. The van der Waals surface area contributed by atoms with E-state index >= 15 is 0 Å². The van der Waals surface area contributed by atoms with Gasteiger partial charge in [-0.15, -0.1) is 0 Å². The van der Waals surface area contributed by atoms with Crippen molar-refractivity contribution in [1.82, 2.24) is 28.5 Å². The van der Waals surface area contributed by atoms with E-state index in [1.807, 2.05) is 4.90 Å². The number of ether oxygens (including phenoxy) is 1. The highest BCUT2D eigenvalue weighted by molar-refractivity contribution is 5.79. The first-order valence-electron chi connectivity index (χ1n) is 11.1. The number of fused-ring (bicyclic) bond motifs is 1. The summed E-state index contributed by atoms with van der Waals surface area (Å²) < 4.78 is 9.13. The van der Waals surface area contributed by atoms with Crippen molar-refractivity contribution < 1.29 is 14.3 Å². The van der Waals surface area contributed by atoms with E-state index in [0.717, 1.165) is 11.0 Å². The fourth-order valence-corrected chi connectivity index (χ4v) is 4.73. The van der Waals surface area contributed by atoms with Crippen molar-refractivity contribution in [3.63, 3.8) is 0 Å². The summed E-state index contributed by atoms with van der Waals surface area (Å²) in [5, 5.41) is 0. The molecule has 0 bridgehead atoms. The number of carbonyl (C=O) groups excluding carboxylic acids is 2. The zero-order valence-corrected chi connectivity index (χ0v) is 19.0. The summed E-state index contributed by atoms with van der Waals surface area (Å²) in [6, 6.07) is 0.142. The number of imidazole rings is 1. The quantitative estimate of drug-likeness (QED) is 0.653. The Hall–Kier alpha value is -3.11. The molecule has 0 saturated carbocycles. The molecule has 2 aliphatic rings. The first-order valence-corrected chi connectivity index (χ1v) is 11.1. The number of cyclic esters (lactones) is 1. The Balaban J connectivity index is 1.45. The number of aryl methyl sites for hydroxylation is 1. The van der Waals surface area contributed by atoms with Gasteiger partial charge < -0.3 is 14.2 Å². The highest BCUT2D eigenvalue weighted by atomic mass is 16.6. The van der Waals surface area contributed by atoms with Gasteiger partial charge in [0.15, 0.2) is 11.2 Å². The second kappa shape index (κ2) is 8.44. The summed E-state index contributed by atoms with van der Waals surface area (Å²) in [7, 11) is 2.95. The van der Waals surface area contributed by atoms with Gasteiger partial charge in [-0.3, -0.25) is 23.6 Å². The third-order valence-electron chi connectivity index (χ3n) is 6.98. The van der Waals surface area contributed by atoms with Crippen molar-refractivity contribution in [1.29, 1.82) is 0 Å². The molecule has 2 aromatic heterocycles. The van der Waals surface area contributed by atoms with Crippen molar-refractivity contribution in [2.75, 3.05) is 19.7 Å². The number of rotatable bonds is 5. The monoisotopic (exact) mass is 446 g/mol. The largest absolute Gasteiger partial charge is 0.447 e. The van der Waals surface area contributed by atoms with Gasteiger partial charge in [-0.2, -0.15) is 0 Å². The van der Waals surface area contributed by atoms with E-state index in [4.69, 9.17) is 4.74 Å². The molecule has 2 atom stereocenters. The van der Waals surface area contributed by atoms with Gasteiger partial charge in [0, 0.05) is 33.2 Å². The van der Waals surface area contributed by atoms with Crippen molar-refractivity contribution in [3.8, 4) is 0 Å². The molecule has 0 spiro atoms. The molecular formula is C21H30N6O5. The van der Waals surface area contributed by atoms with Gasteiger partial charge in [0.05, 0.1) is 12.4 Å². The Morgan fingerprint density at radius 2 is 1.88 bits per heavy atom. The Kier molecular flexibility index (Phi) is 5.83. The lowest BCUT2D eigenvalue weighted by molar-refractivity contribution is -0.133. The lowest BCUT2D eigenvalue weighted by Crippen LogP contribution is -2.51. The van der Waals surface area contributed by atoms with Crippen LogP contribution in [0.4, 0.5) is 4.79 Å². The van der Waals surface area contributed by atoms with Crippen LogP contribution in [0.5, 0.6) is 0 Å². The van der Waals surface area contributed by atoms with Gasteiger partial charge in [0.25, 0.3) is 5.56 Å². The molecule has 0 aliphatic carbocycles. The summed E-state index contributed by atoms with van der Waals surface area (Å²) in [5.74, 6) is 0.232. The molecule has 2 saturated heterocycles. The maximum atomic E-state index is 13.0. The van der Waals surface area contributed by atoms with E-state index in [9.17, 15) is 19.2 Å². The summed E-state index contributed by atoms with van der Waals surface area (Å²) in [4.78, 5) is 57.8. The van der Waals surface area contributed by atoms with Crippen LogP contribution in [-0.4, -0.2) is 72.3 Å². The van der Waals surface area contributed by atoms with Gasteiger partial charge >= 0.3 is 11.8 Å². The molecule has 2 aromatic rings. The summed E-state index contributed by atoms with van der Waals surface area (Å²) in [6.07, 6.45) is 3.52. The second-order valence-corrected chi connectivity index (χ2v) is 8.80. The smallest absolute Gasteiger partial charge is 0.410 e. The summed E-state index contributed by atoms with van der Waals surface area (Å²) >= 11 is 0. The number of amides is 2.